The lowest BCUT2D eigenvalue weighted by atomic mass is 9.97. The van der Waals surface area contributed by atoms with Crippen molar-refractivity contribution in [3.05, 3.63) is 64.8 Å². The summed E-state index contributed by atoms with van der Waals surface area (Å²) in [6.45, 7) is 0. The van der Waals surface area contributed by atoms with E-state index in [0.717, 1.165) is 0 Å². The van der Waals surface area contributed by atoms with Crippen LogP contribution < -0.4 is 31.3 Å². The Hall–Kier alpha value is -8.46. The molecule has 42 heavy (non-hydrogen) atoms. The van der Waals surface area contributed by atoms with Crippen molar-refractivity contribution >= 4 is 33.4 Å². The molecule has 180 valence electrons. The average molecular weight is 528 g/mol. The van der Waals surface area contributed by atoms with Gasteiger partial charge in [0.2, 0.25) is 0 Å². The van der Waals surface area contributed by atoms with Gasteiger partial charge in [0, 0.05) is 48.0 Å². The molecule has 0 N–H and O–H groups in total. The largest absolute Gasteiger partial charge is 0.192 e. The summed E-state index contributed by atoms with van der Waals surface area (Å²) >= 11 is 0. The van der Waals surface area contributed by atoms with E-state index >= 15 is 0 Å². The molecule has 0 unspecified atom stereocenters. The van der Waals surface area contributed by atoms with Crippen LogP contribution in [0.2, 0.25) is 0 Å². The van der Waals surface area contributed by atoms with Gasteiger partial charge in [0.15, 0.2) is 0 Å². The fourth-order valence-corrected chi connectivity index (χ4v) is 5.21. The zero-order valence-electron chi connectivity index (χ0n) is 20.4. The minimum atomic E-state index is -0.681. The predicted octanol–water partition coefficient (Wildman–Crippen LogP) is -2.20. The molecule has 0 spiro atoms. The normalized spacial score (nSPS) is 13.0. The third-order valence-electron chi connectivity index (χ3n) is 6.59. The molecular formula is C30N12. The SMILES string of the molecule is N#CC(C#N)=C1C(C#N)=c2c3c(c4c(c2=C1C#N)=C(C#N)C(=C(C#N)C#N)C=4C#N)=C(C#N)C(=C(C#N)C#N)C=3C#N. The highest BCUT2D eigenvalue weighted by Crippen LogP contribution is 2.29. The van der Waals surface area contributed by atoms with Crippen LogP contribution >= 0.6 is 0 Å². The Bertz CT molecular complexity index is 2210. The van der Waals surface area contributed by atoms with Crippen LogP contribution in [0, 0.1) is 136 Å². The molecule has 0 radical (unpaired) electrons. The predicted molar refractivity (Wildman–Crippen MR) is 133 cm³/mol. The number of rotatable bonds is 0. The second-order valence-electron chi connectivity index (χ2n) is 8.09. The molecule has 12 heteroatoms. The van der Waals surface area contributed by atoms with Crippen molar-refractivity contribution in [3.63, 3.8) is 0 Å². The van der Waals surface area contributed by atoms with E-state index in [1.54, 1.807) is 36.4 Å². The minimum Gasteiger partial charge on any atom is -0.192 e. The monoisotopic (exact) mass is 528 g/mol. The summed E-state index contributed by atoms with van der Waals surface area (Å²) < 4.78 is 0. The van der Waals surface area contributed by atoms with Gasteiger partial charge < -0.3 is 0 Å². The van der Waals surface area contributed by atoms with Crippen molar-refractivity contribution in [1.82, 2.24) is 0 Å². The zero-order chi connectivity index (χ0) is 30.9. The fourth-order valence-electron chi connectivity index (χ4n) is 5.21. The summed E-state index contributed by atoms with van der Waals surface area (Å²) in [4.78, 5) is 0. The van der Waals surface area contributed by atoms with E-state index in [-0.39, 0.29) is 31.3 Å². The van der Waals surface area contributed by atoms with Crippen LogP contribution in [0.4, 0.5) is 0 Å². The molecule has 1 aromatic rings. The van der Waals surface area contributed by atoms with Gasteiger partial charge in [-0.25, -0.2) is 0 Å². The van der Waals surface area contributed by atoms with Crippen molar-refractivity contribution < 1.29 is 0 Å². The first kappa shape index (κ1) is 26.6. The molecule has 3 aliphatic rings. The third kappa shape index (κ3) is 2.97. The van der Waals surface area contributed by atoms with Crippen molar-refractivity contribution in [3.8, 4) is 72.8 Å². The fraction of sp³-hybridized carbons (Fsp3) is 0. The highest BCUT2D eigenvalue weighted by Gasteiger charge is 2.36. The number of fused-ring (bicyclic) bond motifs is 6. The summed E-state index contributed by atoms with van der Waals surface area (Å²) in [7, 11) is 0. The first-order valence-electron chi connectivity index (χ1n) is 10.9. The van der Waals surface area contributed by atoms with Crippen molar-refractivity contribution in [2.24, 2.45) is 0 Å². The molecule has 0 saturated carbocycles. The van der Waals surface area contributed by atoms with Gasteiger partial charge in [-0.15, -0.1) is 0 Å². The molecule has 0 amide bonds. The standard InChI is InChI=1S/C30N12/c31-1-13(2-32)22-16(7-37)25-26(17(22)8-38)28-19(10-40)24(15(5-35)6-36)21(12-42)30(28)29-20(11-41)23(14(3-33)4-34)18(9-39)27(25)29. The maximum atomic E-state index is 10.2. The van der Waals surface area contributed by atoms with Gasteiger partial charge in [-0.2, -0.15) is 63.1 Å². The Kier molecular flexibility index (Phi) is 6.19. The van der Waals surface area contributed by atoms with E-state index in [1.807, 2.05) is 36.4 Å². The molecule has 3 aliphatic carbocycles. The lowest BCUT2D eigenvalue weighted by Gasteiger charge is -1.98. The van der Waals surface area contributed by atoms with Crippen molar-refractivity contribution in [2.45, 2.75) is 0 Å². The first-order valence-corrected chi connectivity index (χ1v) is 10.9. The topological polar surface area (TPSA) is 285 Å². The van der Waals surface area contributed by atoms with Crippen LogP contribution in [0.1, 0.15) is 0 Å². The van der Waals surface area contributed by atoms with E-state index in [0.29, 0.717) is 0 Å². The van der Waals surface area contributed by atoms with Gasteiger partial charge >= 0.3 is 0 Å². The van der Waals surface area contributed by atoms with Gasteiger partial charge in [0.05, 0.1) is 33.4 Å². The summed E-state index contributed by atoms with van der Waals surface area (Å²) in [6, 6.07) is 20.5. The molecule has 0 saturated heterocycles. The minimum absolute atomic E-state index is 0.267. The Labute approximate surface area is 234 Å². The molecule has 4 rings (SSSR count). The Morgan fingerprint density at radius 2 is 0.405 bits per heavy atom. The van der Waals surface area contributed by atoms with Crippen LogP contribution in [0.5, 0.6) is 0 Å². The zero-order valence-corrected chi connectivity index (χ0v) is 20.4. The van der Waals surface area contributed by atoms with E-state index in [4.69, 9.17) is 0 Å². The van der Waals surface area contributed by atoms with Crippen LogP contribution in [0.3, 0.4) is 0 Å². The molecule has 1 aromatic carbocycles. The molecule has 0 aromatic heterocycles. The van der Waals surface area contributed by atoms with Gasteiger partial charge in [-0.1, -0.05) is 0 Å². The smallest absolute Gasteiger partial charge is 0.139 e. The van der Waals surface area contributed by atoms with Gasteiger partial charge in [0.1, 0.15) is 89.5 Å². The average Bonchev–Trinajstić information content (AvgIpc) is 3.63. The van der Waals surface area contributed by atoms with Crippen molar-refractivity contribution in [2.75, 3.05) is 0 Å². The molecule has 0 bridgehead atoms. The maximum Gasteiger partial charge on any atom is 0.139 e. The Morgan fingerprint density at radius 1 is 0.262 bits per heavy atom. The summed E-state index contributed by atoms with van der Waals surface area (Å²) in [5, 5.41) is 118. The highest BCUT2D eigenvalue weighted by molar-refractivity contribution is 6.08. The number of hydrogen-bond donors (Lipinski definition) is 0. The molecule has 0 atom stereocenters. The van der Waals surface area contributed by atoms with E-state index in [9.17, 15) is 63.1 Å². The first-order chi connectivity index (χ1) is 20.4. The molecule has 12 nitrogen and oxygen atoms in total. The second-order valence-corrected chi connectivity index (χ2v) is 8.09. The van der Waals surface area contributed by atoms with Crippen LogP contribution in [0.15, 0.2) is 33.4 Å². The number of nitriles is 12. The highest BCUT2D eigenvalue weighted by atomic mass is 14.4. The molecule has 0 aliphatic heterocycles. The number of nitrogens with zero attached hydrogens (tertiary/aromatic N) is 12. The van der Waals surface area contributed by atoms with Gasteiger partial charge in [0.25, 0.3) is 0 Å². The van der Waals surface area contributed by atoms with Crippen LogP contribution in [-0.4, -0.2) is 0 Å². The van der Waals surface area contributed by atoms with Crippen LogP contribution in [0.25, 0.3) is 33.4 Å². The molecule has 0 fully saturated rings. The van der Waals surface area contributed by atoms with Gasteiger partial charge in [-0.05, 0) is 0 Å². The lowest BCUT2D eigenvalue weighted by molar-refractivity contribution is 1.30. The summed E-state index contributed by atoms with van der Waals surface area (Å²) in [5.74, 6) is 0. The third-order valence-corrected chi connectivity index (χ3v) is 6.59. The number of benzene rings is 1. The quantitative estimate of drug-likeness (QED) is 0.324. The lowest BCUT2D eigenvalue weighted by Crippen LogP contribution is -2.65. The van der Waals surface area contributed by atoms with E-state index in [1.165, 1.54) is 0 Å². The van der Waals surface area contributed by atoms with E-state index in [2.05, 4.69) is 0 Å². The van der Waals surface area contributed by atoms with E-state index < -0.39 is 66.9 Å². The number of allylic oxidation sites excluding steroid dienone is 6. The second kappa shape index (κ2) is 9.78. The number of hydrogen-bond acceptors (Lipinski definition) is 12. The summed E-state index contributed by atoms with van der Waals surface area (Å²) in [5.41, 5.74) is -6.16. The van der Waals surface area contributed by atoms with Gasteiger partial charge in [-0.3, -0.25) is 0 Å². The maximum absolute atomic E-state index is 10.2. The van der Waals surface area contributed by atoms with Crippen LogP contribution in [-0.2, 0) is 0 Å². The molecule has 0 heterocycles. The summed E-state index contributed by atoms with van der Waals surface area (Å²) in [6.07, 6.45) is 0. The Balaban J connectivity index is 2.91. The molecular weight excluding hydrogens is 528 g/mol. The van der Waals surface area contributed by atoms with Crippen molar-refractivity contribution in [1.29, 1.82) is 63.1 Å². The Morgan fingerprint density at radius 3 is 0.500 bits per heavy atom.